The molecule has 148 valence electrons. The average molecular weight is 378 g/mol. The van der Waals surface area contributed by atoms with Crippen LogP contribution in [-0.4, -0.2) is 55.0 Å². The number of nitrogens with zero attached hydrogens (tertiary/aromatic N) is 2. The summed E-state index contributed by atoms with van der Waals surface area (Å²) >= 11 is 0. The second kappa shape index (κ2) is 9.56. The first-order valence-electron chi connectivity index (χ1n) is 10.1. The molecule has 4 heteroatoms. The van der Waals surface area contributed by atoms with Crippen molar-refractivity contribution in [1.82, 2.24) is 9.80 Å². The standard InChI is InChI=1S/C24H31N3O/c1-19-16-20(2)24(21(3)17-19)25-18-23(28)27-14-12-26(13-15-27)11-7-10-22-8-5-4-6-9-22/h4-10,16-17,25H,11-15,18H2,1-3H3/b10-7+. The number of piperazine rings is 1. The van der Waals surface area contributed by atoms with Crippen molar-refractivity contribution in [2.24, 2.45) is 0 Å². The van der Waals surface area contributed by atoms with Gasteiger partial charge in [-0.15, -0.1) is 0 Å². The van der Waals surface area contributed by atoms with Crippen LogP contribution < -0.4 is 5.32 Å². The van der Waals surface area contributed by atoms with Gasteiger partial charge in [-0.25, -0.2) is 0 Å². The summed E-state index contributed by atoms with van der Waals surface area (Å²) < 4.78 is 0. The van der Waals surface area contributed by atoms with E-state index < -0.39 is 0 Å². The number of hydrogen-bond donors (Lipinski definition) is 1. The molecule has 1 fully saturated rings. The molecule has 2 aromatic carbocycles. The summed E-state index contributed by atoms with van der Waals surface area (Å²) in [6.45, 7) is 11.0. The van der Waals surface area contributed by atoms with Crippen LogP contribution in [0.3, 0.4) is 0 Å². The van der Waals surface area contributed by atoms with E-state index in [4.69, 9.17) is 0 Å². The van der Waals surface area contributed by atoms with Crippen LogP contribution in [0.1, 0.15) is 22.3 Å². The molecule has 1 N–H and O–H groups in total. The molecule has 0 spiro atoms. The third kappa shape index (κ3) is 5.46. The maximum atomic E-state index is 12.6. The predicted octanol–water partition coefficient (Wildman–Crippen LogP) is 3.88. The minimum atomic E-state index is 0.179. The number of carbonyl (C=O) groups excluding carboxylic acids is 1. The van der Waals surface area contributed by atoms with Crippen molar-refractivity contribution in [3.8, 4) is 0 Å². The van der Waals surface area contributed by atoms with Gasteiger partial charge in [0.2, 0.25) is 5.91 Å². The van der Waals surface area contributed by atoms with Crippen molar-refractivity contribution in [2.75, 3.05) is 44.6 Å². The largest absolute Gasteiger partial charge is 0.376 e. The molecule has 1 aliphatic rings. The summed E-state index contributed by atoms with van der Waals surface area (Å²) in [5, 5.41) is 3.35. The highest BCUT2D eigenvalue weighted by molar-refractivity contribution is 5.81. The smallest absolute Gasteiger partial charge is 0.241 e. The maximum Gasteiger partial charge on any atom is 0.241 e. The fourth-order valence-corrected chi connectivity index (χ4v) is 3.82. The number of hydrogen-bond acceptors (Lipinski definition) is 3. The van der Waals surface area contributed by atoms with E-state index >= 15 is 0 Å². The van der Waals surface area contributed by atoms with Crippen LogP contribution in [0, 0.1) is 20.8 Å². The van der Waals surface area contributed by atoms with Crippen LogP contribution in [0.4, 0.5) is 5.69 Å². The zero-order valence-electron chi connectivity index (χ0n) is 17.2. The van der Waals surface area contributed by atoms with Crippen LogP contribution in [0.2, 0.25) is 0 Å². The summed E-state index contributed by atoms with van der Waals surface area (Å²) in [7, 11) is 0. The quantitative estimate of drug-likeness (QED) is 0.830. The summed E-state index contributed by atoms with van der Waals surface area (Å²) in [6, 6.07) is 14.7. The monoisotopic (exact) mass is 377 g/mol. The van der Waals surface area contributed by atoms with Gasteiger partial charge in [0.05, 0.1) is 6.54 Å². The molecule has 1 amide bonds. The van der Waals surface area contributed by atoms with E-state index in [9.17, 15) is 4.79 Å². The van der Waals surface area contributed by atoms with Crippen LogP contribution in [-0.2, 0) is 4.79 Å². The lowest BCUT2D eigenvalue weighted by molar-refractivity contribution is -0.130. The lowest BCUT2D eigenvalue weighted by Crippen LogP contribution is -2.50. The molecule has 4 nitrogen and oxygen atoms in total. The average Bonchev–Trinajstić information content (AvgIpc) is 2.68. The molecule has 1 heterocycles. The molecular weight excluding hydrogens is 346 g/mol. The van der Waals surface area contributed by atoms with Gasteiger partial charge in [0.25, 0.3) is 0 Å². The molecule has 28 heavy (non-hydrogen) atoms. The maximum absolute atomic E-state index is 12.6. The van der Waals surface area contributed by atoms with Gasteiger partial charge in [-0.05, 0) is 37.5 Å². The second-order valence-corrected chi connectivity index (χ2v) is 7.62. The van der Waals surface area contributed by atoms with Gasteiger partial charge in [-0.2, -0.15) is 0 Å². The zero-order chi connectivity index (χ0) is 19.9. The normalized spacial score (nSPS) is 15.2. The molecule has 2 aromatic rings. The minimum absolute atomic E-state index is 0.179. The van der Waals surface area contributed by atoms with Crippen LogP contribution in [0.15, 0.2) is 48.5 Å². The lowest BCUT2D eigenvalue weighted by Gasteiger charge is -2.34. The van der Waals surface area contributed by atoms with Crippen molar-refractivity contribution in [3.05, 3.63) is 70.8 Å². The Hall–Kier alpha value is -2.59. The van der Waals surface area contributed by atoms with Crippen LogP contribution >= 0.6 is 0 Å². The van der Waals surface area contributed by atoms with Gasteiger partial charge in [0, 0.05) is 38.4 Å². The van der Waals surface area contributed by atoms with Crippen molar-refractivity contribution >= 4 is 17.7 Å². The van der Waals surface area contributed by atoms with Gasteiger partial charge < -0.3 is 10.2 Å². The van der Waals surface area contributed by atoms with E-state index in [1.54, 1.807) is 0 Å². The summed E-state index contributed by atoms with van der Waals surface area (Å²) in [6.07, 6.45) is 4.37. The Morgan fingerprint density at radius 2 is 1.64 bits per heavy atom. The van der Waals surface area contributed by atoms with E-state index in [1.165, 1.54) is 22.3 Å². The minimum Gasteiger partial charge on any atom is -0.376 e. The van der Waals surface area contributed by atoms with Gasteiger partial charge >= 0.3 is 0 Å². The predicted molar refractivity (Wildman–Crippen MR) is 118 cm³/mol. The Labute approximate surface area is 168 Å². The number of rotatable bonds is 6. The van der Waals surface area contributed by atoms with Gasteiger partial charge in [-0.3, -0.25) is 9.69 Å². The van der Waals surface area contributed by atoms with Crippen molar-refractivity contribution in [2.45, 2.75) is 20.8 Å². The van der Waals surface area contributed by atoms with Gasteiger partial charge in [0.1, 0.15) is 0 Å². The Morgan fingerprint density at radius 1 is 1.00 bits per heavy atom. The highest BCUT2D eigenvalue weighted by Gasteiger charge is 2.20. The first kappa shape index (κ1) is 20.2. The van der Waals surface area contributed by atoms with Crippen LogP contribution in [0.25, 0.3) is 6.08 Å². The molecule has 0 aromatic heterocycles. The SMILES string of the molecule is Cc1cc(C)c(NCC(=O)N2CCN(C/C=C/c3ccccc3)CC2)c(C)c1. The molecule has 0 atom stereocenters. The number of amides is 1. The summed E-state index contributed by atoms with van der Waals surface area (Å²) in [5.74, 6) is 0.179. The number of nitrogens with one attached hydrogen (secondary N) is 1. The van der Waals surface area contributed by atoms with Crippen LogP contribution in [0.5, 0.6) is 0 Å². The molecule has 0 saturated carbocycles. The Bertz CT molecular complexity index is 798. The Morgan fingerprint density at radius 3 is 2.29 bits per heavy atom. The molecule has 1 aliphatic heterocycles. The van der Waals surface area contributed by atoms with Gasteiger partial charge in [-0.1, -0.05) is 60.2 Å². The first-order valence-corrected chi connectivity index (χ1v) is 10.1. The fourth-order valence-electron chi connectivity index (χ4n) is 3.82. The van der Waals surface area contributed by atoms with E-state index in [0.29, 0.717) is 6.54 Å². The van der Waals surface area contributed by atoms with E-state index in [0.717, 1.165) is 38.4 Å². The highest BCUT2D eigenvalue weighted by atomic mass is 16.2. The molecule has 1 saturated heterocycles. The summed E-state index contributed by atoms with van der Waals surface area (Å²) in [4.78, 5) is 17.0. The third-order valence-electron chi connectivity index (χ3n) is 5.29. The van der Waals surface area contributed by atoms with Crippen molar-refractivity contribution < 1.29 is 4.79 Å². The number of anilines is 1. The lowest BCUT2D eigenvalue weighted by atomic mass is 10.1. The number of aryl methyl sites for hydroxylation is 3. The number of carbonyl (C=O) groups is 1. The number of benzene rings is 2. The van der Waals surface area contributed by atoms with E-state index in [2.05, 4.69) is 79.5 Å². The van der Waals surface area contributed by atoms with Gasteiger partial charge in [0.15, 0.2) is 0 Å². The second-order valence-electron chi connectivity index (χ2n) is 7.62. The Kier molecular flexibility index (Phi) is 6.88. The third-order valence-corrected chi connectivity index (χ3v) is 5.29. The highest BCUT2D eigenvalue weighted by Crippen LogP contribution is 2.21. The molecule has 0 bridgehead atoms. The molecule has 0 aliphatic carbocycles. The molecular formula is C24H31N3O. The fraction of sp³-hybridized carbons (Fsp3) is 0.375. The summed E-state index contributed by atoms with van der Waals surface area (Å²) in [5.41, 5.74) is 5.96. The van der Waals surface area contributed by atoms with Crippen molar-refractivity contribution in [1.29, 1.82) is 0 Å². The topological polar surface area (TPSA) is 35.6 Å². The molecule has 0 unspecified atom stereocenters. The molecule has 0 radical (unpaired) electrons. The van der Waals surface area contributed by atoms with E-state index in [1.807, 2.05) is 11.0 Å². The Balaban J connectivity index is 1.43. The van der Waals surface area contributed by atoms with Crippen molar-refractivity contribution in [3.63, 3.8) is 0 Å². The first-order chi connectivity index (χ1) is 13.5. The van der Waals surface area contributed by atoms with E-state index in [-0.39, 0.29) is 5.91 Å². The zero-order valence-corrected chi connectivity index (χ0v) is 17.2. The molecule has 3 rings (SSSR count).